The van der Waals surface area contributed by atoms with E-state index in [4.69, 9.17) is 0 Å². The highest BCUT2D eigenvalue weighted by atomic mass is 16.2. The van der Waals surface area contributed by atoms with Crippen LogP contribution in [0, 0.1) is 17.8 Å². The number of amides is 2. The van der Waals surface area contributed by atoms with E-state index in [1.54, 1.807) is 0 Å². The first-order valence-corrected chi connectivity index (χ1v) is 8.20. The van der Waals surface area contributed by atoms with Gasteiger partial charge in [-0.05, 0) is 63.2 Å². The van der Waals surface area contributed by atoms with Crippen LogP contribution < -0.4 is 5.32 Å². The standard InChI is InChI=1S/C16H24N2O2/c1-2-18-14(19)6-13(15(18)20)17-16-7-10-3-11(8-16)5-12(4-10)9-16/h10-13,17H,2-9H2,1H3/t10?,11?,12?,13-,16?/m0/s1. The molecule has 4 bridgehead atoms. The lowest BCUT2D eigenvalue weighted by Crippen LogP contribution is -2.61. The van der Waals surface area contributed by atoms with Gasteiger partial charge in [0.2, 0.25) is 11.8 Å². The van der Waals surface area contributed by atoms with Gasteiger partial charge in [-0.25, -0.2) is 0 Å². The minimum absolute atomic E-state index is 0.000252. The summed E-state index contributed by atoms with van der Waals surface area (Å²) in [5, 5.41) is 3.66. The molecular weight excluding hydrogens is 252 g/mol. The maximum atomic E-state index is 12.3. The molecule has 20 heavy (non-hydrogen) atoms. The van der Waals surface area contributed by atoms with Crippen LogP contribution >= 0.6 is 0 Å². The van der Waals surface area contributed by atoms with Crippen LogP contribution in [0.4, 0.5) is 0 Å². The van der Waals surface area contributed by atoms with Crippen LogP contribution in [0.3, 0.4) is 0 Å². The highest BCUT2D eigenvalue weighted by molar-refractivity contribution is 6.05. The first kappa shape index (κ1) is 12.8. The Morgan fingerprint density at radius 2 is 1.65 bits per heavy atom. The molecule has 1 heterocycles. The van der Waals surface area contributed by atoms with Gasteiger partial charge in [-0.3, -0.25) is 19.8 Å². The molecule has 4 nitrogen and oxygen atoms in total. The molecule has 0 aromatic carbocycles. The third kappa shape index (κ3) is 1.84. The van der Waals surface area contributed by atoms with Crippen molar-refractivity contribution >= 4 is 11.8 Å². The number of hydrogen-bond acceptors (Lipinski definition) is 3. The van der Waals surface area contributed by atoms with Crippen molar-refractivity contribution in [2.24, 2.45) is 17.8 Å². The van der Waals surface area contributed by atoms with Crippen molar-refractivity contribution in [2.45, 2.75) is 63.5 Å². The van der Waals surface area contributed by atoms with Crippen molar-refractivity contribution in [3.8, 4) is 0 Å². The van der Waals surface area contributed by atoms with E-state index in [0.29, 0.717) is 13.0 Å². The Morgan fingerprint density at radius 1 is 1.10 bits per heavy atom. The average molecular weight is 276 g/mol. The van der Waals surface area contributed by atoms with Crippen LogP contribution in [0.25, 0.3) is 0 Å². The number of carbonyl (C=O) groups is 2. The monoisotopic (exact) mass is 276 g/mol. The fraction of sp³-hybridized carbons (Fsp3) is 0.875. The zero-order valence-electron chi connectivity index (χ0n) is 12.2. The number of likely N-dealkylation sites (N-methyl/N-ethyl adjacent to an activating group) is 1. The van der Waals surface area contributed by atoms with E-state index >= 15 is 0 Å². The summed E-state index contributed by atoms with van der Waals surface area (Å²) in [5.74, 6) is 2.60. The number of carbonyl (C=O) groups excluding carboxylic acids is 2. The Labute approximate surface area is 120 Å². The molecule has 4 aliphatic carbocycles. The summed E-state index contributed by atoms with van der Waals surface area (Å²) in [6, 6.07) is -0.251. The van der Waals surface area contributed by atoms with Crippen LogP contribution in [0.15, 0.2) is 0 Å². The Morgan fingerprint density at radius 3 is 2.10 bits per heavy atom. The lowest BCUT2D eigenvalue weighted by atomic mass is 9.53. The van der Waals surface area contributed by atoms with Gasteiger partial charge in [0.05, 0.1) is 12.5 Å². The third-order valence-corrected chi connectivity index (χ3v) is 6.08. The normalized spacial score (nSPS) is 46.5. The summed E-state index contributed by atoms with van der Waals surface area (Å²) >= 11 is 0. The van der Waals surface area contributed by atoms with Crippen LogP contribution in [0.5, 0.6) is 0 Å². The zero-order valence-corrected chi connectivity index (χ0v) is 12.2. The molecule has 0 spiro atoms. The summed E-state index contributed by atoms with van der Waals surface area (Å²) < 4.78 is 0. The van der Waals surface area contributed by atoms with Crippen LogP contribution in [0.1, 0.15) is 51.9 Å². The molecule has 5 fully saturated rings. The molecule has 1 aliphatic heterocycles. The second-order valence-corrected chi connectivity index (χ2v) is 7.58. The molecule has 1 N–H and O–H groups in total. The van der Waals surface area contributed by atoms with Gasteiger partial charge in [0.15, 0.2) is 0 Å². The molecule has 110 valence electrons. The van der Waals surface area contributed by atoms with E-state index in [1.807, 2.05) is 6.92 Å². The molecule has 0 unspecified atom stereocenters. The largest absolute Gasteiger partial charge is 0.300 e. The predicted octanol–water partition coefficient (Wildman–Crippen LogP) is 1.69. The molecule has 0 aromatic rings. The van der Waals surface area contributed by atoms with Gasteiger partial charge in [-0.15, -0.1) is 0 Å². The highest BCUT2D eigenvalue weighted by Gasteiger charge is 2.53. The molecule has 2 amide bonds. The van der Waals surface area contributed by atoms with Crippen molar-refractivity contribution in [3.05, 3.63) is 0 Å². The fourth-order valence-electron chi connectivity index (χ4n) is 5.79. The Bertz CT molecular complexity index is 424. The van der Waals surface area contributed by atoms with Crippen molar-refractivity contribution in [2.75, 3.05) is 6.54 Å². The lowest BCUT2D eigenvalue weighted by Gasteiger charge is -2.57. The van der Waals surface area contributed by atoms with Crippen molar-refractivity contribution in [3.63, 3.8) is 0 Å². The summed E-state index contributed by atoms with van der Waals surface area (Å²) in [4.78, 5) is 25.6. The predicted molar refractivity (Wildman–Crippen MR) is 74.8 cm³/mol. The number of imide groups is 1. The van der Waals surface area contributed by atoms with Crippen LogP contribution in [-0.2, 0) is 9.59 Å². The summed E-state index contributed by atoms with van der Waals surface area (Å²) in [6.45, 7) is 2.39. The van der Waals surface area contributed by atoms with Gasteiger partial charge in [0, 0.05) is 12.1 Å². The van der Waals surface area contributed by atoms with E-state index in [9.17, 15) is 9.59 Å². The molecule has 1 saturated heterocycles. The number of nitrogens with one attached hydrogen (secondary N) is 1. The van der Waals surface area contributed by atoms with Gasteiger partial charge >= 0.3 is 0 Å². The second-order valence-electron chi connectivity index (χ2n) is 7.58. The quantitative estimate of drug-likeness (QED) is 0.798. The van der Waals surface area contributed by atoms with E-state index < -0.39 is 0 Å². The van der Waals surface area contributed by atoms with E-state index in [1.165, 1.54) is 43.4 Å². The molecule has 0 radical (unpaired) electrons. The first-order chi connectivity index (χ1) is 9.58. The molecule has 1 atom stereocenters. The van der Waals surface area contributed by atoms with Gasteiger partial charge in [0.1, 0.15) is 0 Å². The van der Waals surface area contributed by atoms with Gasteiger partial charge in [-0.2, -0.15) is 0 Å². The Kier molecular flexibility index (Phi) is 2.75. The van der Waals surface area contributed by atoms with Crippen LogP contribution in [0.2, 0.25) is 0 Å². The molecule has 5 rings (SSSR count). The fourth-order valence-corrected chi connectivity index (χ4v) is 5.79. The minimum Gasteiger partial charge on any atom is -0.300 e. The second kappa shape index (κ2) is 4.30. The van der Waals surface area contributed by atoms with E-state index in [-0.39, 0.29) is 23.4 Å². The minimum atomic E-state index is -0.251. The maximum absolute atomic E-state index is 12.3. The zero-order chi connectivity index (χ0) is 13.9. The Balaban J connectivity index is 1.52. The summed E-state index contributed by atoms with van der Waals surface area (Å²) in [7, 11) is 0. The first-order valence-electron chi connectivity index (χ1n) is 8.20. The maximum Gasteiger partial charge on any atom is 0.246 e. The Hall–Kier alpha value is -0.900. The molecule has 4 heteroatoms. The average Bonchev–Trinajstić information content (AvgIpc) is 2.61. The number of rotatable bonds is 3. The smallest absolute Gasteiger partial charge is 0.246 e. The molecule has 5 aliphatic rings. The van der Waals surface area contributed by atoms with Gasteiger partial charge in [-0.1, -0.05) is 0 Å². The van der Waals surface area contributed by atoms with Crippen LogP contribution in [-0.4, -0.2) is 34.8 Å². The van der Waals surface area contributed by atoms with Crippen molar-refractivity contribution in [1.82, 2.24) is 10.2 Å². The summed E-state index contributed by atoms with van der Waals surface area (Å²) in [6.07, 6.45) is 8.25. The van der Waals surface area contributed by atoms with Gasteiger partial charge < -0.3 is 0 Å². The number of hydrogen-bond donors (Lipinski definition) is 1. The SMILES string of the molecule is CCN1C(=O)C[C@H](NC23CC4CC(CC(C4)C2)C3)C1=O. The van der Waals surface area contributed by atoms with Crippen molar-refractivity contribution < 1.29 is 9.59 Å². The highest BCUT2D eigenvalue weighted by Crippen LogP contribution is 2.55. The number of likely N-dealkylation sites (tertiary alicyclic amines) is 1. The van der Waals surface area contributed by atoms with Gasteiger partial charge in [0.25, 0.3) is 0 Å². The lowest BCUT2D eigenvalue weighted by molar-refractivity contribution is -0.139. The molecular formula is C16H24N2O2. The van der Waals surface area contributed by atoms with Crippen molar-refractivity contribution in [1.29, 1.82) is 0 Å². The third-order valence-electron chi connectivity index (χ3n) is 6.08. The molecule has 4 saturated carbocycles. The molecule has 0 aromatic heterocycles. The van der Waals surface area contributed by atoms with E-state index in [2.05, 4.69) is 5.32 Å². The van der Waals surface area contributed by atoms with E-state index in [0.717, 1.165) is 17.8 Å². The topological polar surface area (TPSA) is 49.4 Å². The summed E-state index contributed by atoms with van der Waals surface area (Å²) in [5.41, 5.74) is 0.166. The number of nitrogens with zero attached hydrogens (tertiary/aromatic N) is 1.